The molecule has 1 aromatic rings. The molecule has 2 atom stereocenters. The van der Waals surface area contributed by atoms with Crippen LogP contribution in [0.5, 0.6) is 0 Å². The zero-order chi connectivity index (χ0) is 13.9. The lowest BCUT2D eigenvalue weighted by molar-refractivity contribution is 0.162. The topological polar surface area (TPSA) is 45.5 Å². The summed E-state index contributed by atoms with van der Waals surface area (Å²) in [5.41, 5.74) is 0. The van der Waals surface area contributed by atoms with Crippen LogP contribution < -0.4 is 5.32 Å². The van der Waals surface area contributed by atoms with E-state index in [1.54, 1.807) is 6.26 Å². The van der Waals surface area contributed by atoms with E-state index in [1.807, 2.05) is 24.0 Å². The highest BCUT2D eigenvalue weighted by Gasteiger charge is 2.37. The molecular formula is C16H22N2O2. The zero-order valence-electron chi connectivity index (χ0n) is 11.9. The maximum Gasteiger partial charge on any atom is 0.318 e. The number of carbonyl (C=O) groups excluding carboxylic acids is 1. The molecule has 20 heavy (non-hydrogen) atoms. The van der Waals surface area contributed by atoms with Crippen LogP contribution in [0.2, 0.25) is 0 Å². The summed E-state index contributed by atoms with van der Waals surface area (Å²) in [5, 5.41) is 3.18. The third-order valence-electron chi connectivity index (χ3n) is 4.14. The number of rotatable bonds is 4. The fourth-order valence-corrected chi connectivity index (χ4v) is 2.85. The van der Waals surface area contributed by atoms with E-state index in [1.165, 1.54) is 0 Å². The first kappa shape index (κ1) is 13.3. The van der Waals surface area contributed by atoms with Crippen LogP contribution in [-0.4, -0.2) is 23.0 Å². The van der Waals surface area contributed by atoms with Crippen LogP contribution in [0, 0.1) is 0 Å². The van der Waals surface area contributed by atoms with E-state index in [4.69, 9.17) is 4.42 Å². The second-order valence-electron chi connectivity index (χ2n) is 5.76. The summed E-state index contributed by atoms with van der Waals surface area (Å²) < 4.78 is 5.46. The van der Waals surface area contributed by atoms with Gasteiger partial charge in [0.1, 0.15) is 5.76 Å². The van der Waals surface area contributed by atoms with Gasteiger partial charge < -0.3 is 14.6 Å². The second kappa shape index (κ2) is 5.73. The fraction of sp³-hybridized carbons (Fsp3) is 0.562. The van der Waals surface area contributed by atoms with Gasteiger partial charge in [-0.05, 0) is 51.2 Å². The first-order valence-corrected chi connectivity index (χ1v) is 7.53. The molecule has 2 aliphatic carbocycles. The lowest BCUT2D eigenvalue weighted by Gasteiger charge is -2.30. The first-order chi connectivity index (χ1) is 9.75. The Morgan fingerprint density at radius 1 is 1.40 bits per heavy atom. The molecule has 0 saturated heterocycles. The number of carbonyl (C=O) groups is 1. The molecule has 1 fully saturated rings. The van der Waals surface area contributed by atoms with Crippen LogP contribution in [0.4, 0.5) is 4.79 Å². The van der Waals surface area contributed by atoms with Crippen molar-refractivity contribution in [1.29, 1.82) is 0 Å². The van der Waals surface area contributed by atoms with Gasteiger partial charge in [0.05, 0.1) is 12.3 Å². The molecule has 2 amide bonds. The predicted octanol–water partition coefficient (Wildman–Crippen LogP) is 3.62. The maximum atomic E-state index is 12.6. The Morgan fingerprint density at radius 2 is 2.25 bits per heavy atom. The van der Waals surface area contributed by atoms with E-state index in [9.17, 15) is 4.79 Å². The van der Waals surface area contributed by atoms with E-state index in [-0.39, 0.29) is 18.1 Å². The van der Waals surface area contributed by atoms with Gasteiger partial charge in [-0.2, -0.15) is 0 Å². The lowest BCUT2D eigenvalue weighted by Crippen LogP contribution is -2.47. The molecule has 1 saturated carbocycles. The molecule has 1 heterocycles. The Morgan fingerprint density at radius 3 is 2.85 bits per heavy atom. The van der Waals surface area contributed by atoms with E-state index in [0.717, 1.165) is 37.9 Å². The predicted molar refractivity (Wildman–Crippen MR) is 77.3 cm³/mol. The number of hydrogen-bond donors (Lipinski definition) is 1. The van der Waals surface area contributed by atoms with Gasteiger partial charge in [0.2, 0.25) is 0 Å². The number of urea groups is 1. The SMILES string of the molecule is C[C@H](c1ccco1)N(C(=O)N[C@H]1CC=CCC1)C1CC1. The summed E-state index contributed by atoms with van der Waals surface area (Å²) in [6, 6.07) is 4.51. The molecule has 108 valence electrons. The summed E-state index contributed by atoms with van der Waals surface area (Å²) in [6.45, 7) is 2.04. The quantitative estimate of drug-likeness (QED) is 0.852. The lowest BCUT2D eigenvalue weighted by atomic mass is 10.0. The number of nitrogens with one attached hydrogen (secondary N) is 1. The number of furan rings is 1. The van der Waals surface area contributed by atoms with Crippen molar-refractivity contribution >= 4 is 6.03 Å². The molecule has 4 nitrogen and oxygen atoms in total. The zero-order valence-corrected chi connectivity index (χ0v) is 11.9. The van der Waals surface area contributed by atoms with E-state index < -0.39 is 0 Å². The van der Waals surface area contributed by atoms with Gasteiger partial charge in [0.25, 0.3) is 0 Å². The van der Waals surface area contributed by atoms with Crippen LogP contribution in [-0.2, 0) is 0 Å². The number of allylic oxidation sites excluding steroid dienone is 1. The maximum absolute atomic E-state index is 12.6. The first-order valence-electron chi connectivity index (χ1n) is 7.53. The Hall–Kier alpha value is -1.71. The number of nitrogens with zero attached hydrogens (tertiary/aromatic N) is 1. The van der Waals surface area contributed by atoms with Crippen molar-refractivity contribution in [3.8, 4) is 0 Å². The van der Waals surface area contributed by atoms with Crippen LogP contribution in [0.25, 0.3) is 0 Å². The third-order valence-corrected chi connectivity index (χ3v) is 4.14. The molecule has 0 radical (unpaired) electrons. The van der Waals surface area contributed by atoms with Gasteiger partial charge in [-0.3, -0.25) is 0 Å². The summed E-state index contributed by atoms with van der Waals surface area (Å²) in [7, 11) is 0. The van der Waals surface area contributed by atoms with Crippen molar-refractivity contribution in [3.05, 3.63) is 36.3 Å². The van der Waals surface area contributed by atoms with Gasteiger partial charge in [0, 0.05) is 12.1 Å². The Balaban J connectivity index is 1.67. The third kappa shape index (κ3) is 2.89. The monoisotopic (exact) mass is 274 g/mol. The second-order valence-corrected chi connectivity index (χ2v) is 5.76. The Bertz CT molecular complexity index is 477. The molecule has 0 spiro atoms. The van der Waals surface area contributed by atoms with Crippen LogP contribution in [0.15, 0.2) is 35.0 Å². The molecular weight excluding hydrogens is 252 g/mol. The van der Waals surface area contributed by atoms with Crippen molar-refractivity contribution in [2.24, 2.45) is 0 Å². The minimum atomic E-state index is -0.00312. The van der Waals surface area contributed by atoms with Crippen LogP contribution in [0.1, 0.15) is 50.8 Å². The van der Waals surface area contributed by atoms with Gasteiger partial charge >= 0.3 is 6.03 Å². The largest absolute Gasteiger partial charge is 0.467 e. The number of hydrogen-bond acceptors (Lipinski definition) is 2. The summed E-state index contributed by atoms with van der Waals surface area (Å²) in [4.78, 5) is 14.5. The van der Waals surface area contributed by atoms with Crippen molar-refractivity contribution in [1.82, 2.24) is 10.2 Å². The summed E-state index contributed by atoms with van der Waals surface area (Å²) >= 11 is 0. The highest BCUT2D eigenvalue weighted by molar-refractivity contribution is 5.75. The average Bonchev–Trinajstić information content (AvgIpc) is 3.12. The smallest absolute Gasteiger partial charge is 0.318 e. The van der Waals surface area contributed by atoms with Gasteiger partial charge in [-0.15, -0.1) is 0 Å². The fourth-order valence-electron chi connectivity index (χ4n) is 2.85. The van der Waals surface area contributed by atoms with E-state index in [0.29, 0.717) is 6.04 Å². The highest BCUT2D eigenvalue weighted by Crippen LogP contribution is 2.34. The number of amides is 2. The molecule has 3 rings (SSSR count). The Kier molecular flexibility index (Phi) is 3.81. The van der Waals surface area contributed by atoms with Gasteiger partial charge in [0.15, 0.2) is 0 Å². The molecule has 0 aromatic carbocycles. The Labute approximate surface area is 119 Å². The minimum Gasteiger partial charge on any atom is -0.467 e. The summed E-state index contributed by atoms with van der Waals surface area (Å²) in [5.74, 6) is 0.857. The molecule has 4 heteroatoms. The van der Waals surface area contributed by atoms with Crippen molar-refractivity contribution in [2.75, 3.05) is 0 Å². The standard InChI is InChI=1S/C16H22N2O2/c1-12(15-8-5-11-20-15)18(14-9-10-14)16(19)17-13-6-3-2-4-7-13/h2-3,5,8,11-14H,4,6-7,9-10H2,1H3,(H,17,19)/t12-,13+/m1/s1. The van der Waals surface area contributed by atoms with Crippen LogP contribution >= 0.6 is 0 Å². The molecule has 1 aromatic heterocycles. The van der Waals surface area contributed by atoms with E-state index >= 15 is 0 Å². The van der Waals surface area contributed by atoms with Crippen molar-refractivity contribution in [2.45, 2.75) is 57.2 Å². The molecule has 2 aliphatic rings. The molecule has 0 unspecified atom stereocenters. The minimum absolute atomic E-state index is 0.00312. The van der Waals surface area contributed by atoms with E-state index in [2.05, 4.69) is 17.5 Å². The molecule has 1 N–H and O–H groups in total. The van der Waals surface area contributed by atoms with Gasteiger partial charge in [-0.25, -0.2) is 4.79 Å². The van der Waals surface area contributed by atoms with Gasteiger partial charge in [-0.1, -0.05) is 12.2 Å². The normalized spacial score (nSPS) is 23.4. The molecule has 0 bridgehead atoms. The summed E-state index contributed by atoms with van der Waals surface area (Å²) in [6.07, 6.45) is 11.3. The van der Waals surface area contributed by atoms with Crippen molar-refractivity contribution in [3.63, 3.8) is 0 Å². The highest BCUT2D eigenvalue weighted by atomic mass is 16.3. The molecule has 0 aliphatic heterocycles. The average molecular weight is 274 g/mol. The van der Waals surface area contributed by atoms with Crippen LogP contribution in [0.3, 0.4) is 0 Å². The van der Waals surface area contributed by atoms with Crippen molar-refractivity contribution < 1.29 is 9.21 Å².